The van der Waals surface area contributed by atoms with Gasteiger partial charge in [0.05, 0.1) is 10.3 Å². The van der Waals surface area contributed by atoms with E-state index in [1.165, 1.54) is 24.9 Å². The molecule has 0 fully saturated rings. The van der Waals surface area contributed by atoms with Crippen LogP contribution in [0.3, 0.4) is 0 Å². The van der Waals surface area contributed by atoms with Crippen LogP contribution in [0.25, 0.3) is 0 Å². The Kier molecular flexibility index (Phi) is 8.21. The standard InChI is InChI=1S/C23H21ClN4O2S2/c1-14(29)16-6-9-18(10-7-16)26-23(31)27-19-4-3-5-20(12-19)32-15(2)22(30)28-21-11-8-17(24)13-25-21/h3-13,15H,1-2H3,(H,25,28,30)(H2,26,27,31). The predicted octanol–water partition coefficient (Wildman–Crippen LogP) is 5.87. The van der Waals surface area contributed by atoms with E-state index in [-0.39, 0.29) is 16.9 Å². The van der Waals surface area contributed by atoms with E-state index in [0.717, 1.165) is 16.3 Å². The second-order valence-corrected chi connectivity index (χ2v) is 9.11. The number of hydrogen-bond acceptors (Lipinski definition) is 5. The Morgan fingerprint density at radius 1 is 1.00 bits per heavy atom. The molecular weight excluding hydrogens is 464 g/mol. The summed E-state index contributed by atoms with van der Waals surface area (Å²) in [5.74, 6) is 0.309. The zero-order valence-corrected chi connectivity index (χ0v) is 19.8. The molecule has 3 aromatic rings. The third-order valence-corrected chi connectivity index (χ3v) is 5.82. The molecule has 0 aliphatic rings. The van der Waals surface area contributed by atoms with Gasteiger partial charge in [-0.1, -0.05) is 17.7 Å². The minimum absolute atomic E-state index is 0.0129. The summed E-state index contributed by atoms with van der Waals surface area (Å²) in [6.45, 7) is 3.35. The topological polar surface area (TPSA) is 83.1 Å². The number of Topliss-reactive ketones (excluding diaryl/α,β-unsaturated/α-hetero) is 1. The Balaban J connectivity index is 1.55. The zero-order valence-electron chi connectivity index (χ0n) is 17.4. The maximum Gasteiger partial charge on any atom is 0.238 e. The molecule has 0 saturated heterocycles. The number of hydrogen-bond donors (Lipinski definition) is 3. The van der Waals surface area contributed by atoms with Crippen LogP contribution < -0.4 is 16.0 Å². The molecule has 1 atom stereocenters. The summed E-state index contributed by atoms with van der Waals surface area (Å²) in [6.07, 6.45) is 1.48. The number of benzene rings is 2. The monoisotopic (exact) mass is 484 g/mol. The Labute approximate surface area is 201 Å². The van der Waals surface area contributed by atoms with Crippen LogP contribution in [0.15, 0.2) is 71.8 Å². The third kappa shape index (κ3) is 7.05. The Morgan fingerprint density at radius 3 is 2.38 bits per heavy atom. The van der Waals surface area contributed by atoms with Gasteiger partial charge in [-0.15, -0.1) is 11.8 Å². The number of pyridine rings is 1. The Hall–Kier alpha value is -2.94. The van der Waals surface area contributed by atoms with Crippen LogP contribution in [0.5, 0.6) is 0 Å². The van der Waals surface area contributed by atoms with Crippen LogP contribution in [0.4, 0.5) is 17.2 Å². The lowest BCUT2D eigenvalue weighted by molar-refractivity contribution is -0.115. The van der Waals surface area contributed by atoms with Gasteiger partial charge in [-0.2, -0.15) is 0 Å². The second-order valence-electron chi connectivity index (χ2n) is 6.85. The van der Waals surface area contributed by atoms with Gasteiger partial charge >= 0.3 is 0 Å². The van der Waals surface area contributed by atoms with Gasteiger partial charge in [0.1, 0.15) is 5.82 Å². The van der Waals surface area contributed by atoms with Crippen molar-refractivity contribution in [2.45, 2.75) is 24.0 Å². The van der Waals surface area contributed by atoms with E-state index in [1.54, 1.807) is 36.4 Å². The van der Waals surface area contributed by atoms with E-state index in [4.69, 9.17) is 23.8 Å². The van der Waals surface area contributed by atoms with E-state index in [0.29, 0.717) is 21.5 Å². The highest BCUT2D eigenvalue weighted by molar-refractivity contribution is 8.00. The van der Waals surface area contributed by atoms with Crippen molar-refractivity contribution in [1.82, 2.24) is 4.98 Å². The maximum absolute atomic E-state index is 12.5. The van der Waals surface area contributed by atoms with Gasteiger partial charge in [0.15, 0.2) is 10.9 Å². The van der Waals surface area contributed by atoms with Crippen molar-refractivity contribution in [3.63, 3.8) is 0 Å². The number of nitrogens with zero attached hydrogens (tertiary/aromatic N) is 1. The van der Waals surface area contributed by atoms with Crippen molar-refractivity contribution < 1.29 is 9.59 Å². The first kappa shape index (κ1) is 23.7. The Bertz CT molecular complexity index is 1120. The number of thioether (sulfide) groups is 1. The van der Waals surface area contributed by atoms with Gasteiger partial charge in [-0.3, -0.25) is 9.59 Å². The van der Waals surface area contributed by atoms with Gasteiger partial charge < -0.3 is 16.0 Å². The number of halogens is 1. The zero-order chi connectivity index (χ0) is 23.1. The molecule has 0 aliphatic heterocycles. The van der Waals surface area contributed by atoms with E-state index in [9.17, 15) is 9.59 Å². The SMILES string of the molecule is CC(=O)c1ccc(NC(=S)Nc2cccc(SC(C)C(=O)Nc3ccc(Cl)cn3)c2)cc1. The number of nitrogens with one attached hydrogen (secondary N) is 3. The molecule has 6 nitrogen and oxygen atoms in total. The molecule has 9 heteroatoms. The summed E-state index contributed by atoms with van der Waals surface area (Å²) >= 11 is 12.6. The fourth-order valence-electron chi connectivity index (χ4n) is 2.66. The van der Waals surface area contributed by atoms with Crippen LogP contribution in [0.2, 0.25) is 5.02 Å². The molecule has 0 spiro atoms. The molecule has 164 valence electrons. The third-order valence-electron chi connectivity index (χ3n) is 4.30. The lowest BCUT2D eigenvalue weighted by Crippen LogP contribution is -2.23. The molecule has 1 unspecified atom stereocenters. The van der Waals surface area contributed by atoms with Crippen molar-refractivity contribution in [1.29, 1.82) is 0 Å². The fraction of sp³-hybridized carbons (Fsp3) is 0.130. The van der Waals surface area contributed by atoms with E-state index in [2.05, 4.69) is 20.9 Å². The van der Waals surface area contributed by atoms with Crippen LogP contribution >= 0.6 is 35.6 Å². The number of amides is 1. The molecule has 3 N–H and O–H groups in total. The van der Waals surface area contributed by atoms with Crippen LogP contribution in [-0.4, -0.2) is 27.0 Å². The summed E-state index contributed by atoms with van der Waals surface area (Å²) in [7, 11) is 0. The highest BCUT2D eigenvalue weighted by Crippen LogP contribution is 2.26. The minimum Gasteiger partial charge on any atom is -0.332 e. The number of carbonyl (C=O) groups is 2. The largest absolute Gasteiger partial charge is 0.332 e. The van der Waals surface area contributed by atoms with Crippen molar-refractivity contribution in [2.24, 2.45) is 0 Å². The molecule has 0 radical (unpaired) electrons. The molecule has 3 rings (SSSR count). The number of ketones is 1. The van der Waals surface area contributed by atoms with Crippen LogP contribution in [0.1, 0.15) is 24.2 Å². The van der Waals surface area contributed by atoms with Gasteiger partial charge in [-0.25, -0.2) is 4.98 Å². The van der Waals surface area contributed by atoms with E-state index < -0.39 is 0 Å². The van der Waals surface area contributed by atoms with Gasteiger partial charge in [-0.05, 0) is 80.7 Å². The first-order valence-corrected chi connectivity index (χ1v) is 11.3. The normalized spacial score (nSPS) is 11.3. The first-order chi connectivity index (χ1) is 15.3. The average molecular weight is 485 g/mol. The maximum atomic E-state index is 12.5. The Morgan fingerprint density at radius 2 is 1.72 bits per heavy atom. The van der Waals surface area contributed by atoms with Gasteiger partial charge in [0.25, 0.3) is 0 Å². The number of thiocarbonyl (C=S) groups is 1. The number of aromatic nitrogens is 1. The second kappa shape index (κ2) is 11.1. The summed E-state index contributed by atoms with van der Waals surface area (Å²) < 4.78 is 0. The number of carbonyl (C=O) groups excluding carboxylic acids is 2. The summed E-state index contributed by atoms with van der Waals surface area (Å²) in [5.41, 5.74) is 2.21. The summed E-state index contributed by atoms with van der Waals surface area (Å²) in [4.78, 5) is 28.8. The van der Waals surface area contributed by atoms with Crippen LogP contribution in [0, 0.1) is 0 Å². The average Bonchev–Trinajstić information content (AvgIpc) is 2.76. The quantitative estimate of drug-likeness (QED) is 0.220. The lowest BCUT2D eigenvalue weighted by Gasteiger charge is -2.14. The molecule has 1 amide bonds. The molecule has 1 aromatic heterocycles. The number of rotatable bonds is 7. The highest BCUT2D eigenvalue weighted by atomic mass is 35.5. The van der Waals surface area contributed by atoms with Crippen molar-refractivity contribution >= 4 is 69.6 Å². The fourth-order valence-corrected chi connectivity index (χ4v) is 3.94. The lowest BCUT2D eigenvalue weighted by atomic mass is 10.1. The van der Waals surface area contributed by atoms with Crippen LogP contribution in [-0.2, 0) is 4.79 Å². The molecule has 2 aromatic carbocycles. The highest BCUT2D eigenvalue weighted by Gasteiger charge is 2.15. The van der Waals surface area contributed by atoms with Gasteiger partial charge in [0.2, 0.25) is 5.91 Å². The summed E-state index contributed by atoms with van der Waals surface area (Å²) in [5, 5.41) is 9.59. The first-order valence-electron chi connectivity index (χ1n) is 9.68. The number of anilines is 3. The smallest absolute Gasteiger partial charge is 0.238 e. The van der Waals surface area contributed by atoms with Crippen molar-refractivity contribution in [2.75, 3.05) is 16.0 Å². The summed E-state index contributed by atoms with van der Waals surface area (Å²) in [6, 6.07) is 18.0. The van der Waals surface area contributed by atoms with Gasteiger partial charge in [0, 0.05) is 28.0 Å². The van der Waals surface area contributed by atoms with E-state index >= 15 is 0 Å². The van der Waals surface area contributed by atoms with Crippen molar-refractivity contribution in [3.05, 3.63) is 77.4 Å². The molecule has 1 heterocycles. The van der Waals surface area contributed by atoms with E-state index in [1.807, 2.05) is 31.2 Å². The predicted molar refractivity (Wildman–Crippen MR) is 136 cm³/mol. The molecule has 0 bridgehead atoms. The molecule has 32 heavy (non-hydrogen) atoms. The molecular formula is C23H21ClN4O2S2. The molecule has 0 aliphatic carbocycles. The minimum atomic E-state index is -0.340. The van der Waals surface area contributed by atoms with Crippen molar-refractivity contribution in [3.8, 4) is 0 Å². The molecule has 0 saturated carbocycles.